The molecule has 0 atom stereocenters. The summed E-state index contributed by atoms with van der Waals surface area (Å²) in [6, 6.07) is 1.28. The minimum atomic E-state index is -0.748. The highest BCUT2D eigenvalue weighted by atomic mass is 35.5. The molecule has 0 bridgehead atoms. The first-order valence-corrected chi connectivity index (χ1v) is 9.88. The summed E-state index contributed by atoms with van der Waals surface area (Å²) in [6.45, 7) is 2.82. The van der Waals surface area contributed by atoms with Crippen LogP contribution in [0.15, 0.2) is 10.6 Å². The van der Waals surface area contributed by atoms with Gasteiger partial charge in [0.1, 0.15) is 13.1 Å². The van der Waals surface area contributed by atoms with Crippen molar-refractivity contribution in [3.05, 3.63) is 54.4 Å². The second kappa shape index (κ2) is 10.0. The van der Waals surface area contributed by atoms with E-state index in [1.165, 1.54) is 17.7 Å². The Morgan fingerprint density at radius 3 is 2.44 bits per heavy atom. The van der Waals surface area contributed by atoms with Gasteiger partial charge >= 0.3 is 23.4 Å². The maximum atomic E-state index is 12.1. The third kappa shape index (κ3) is 5.49. The Morgan fingerprint density at radius 2 is 1.82 bits per heavy atom. The van der Waals surface area contributed by atoms with Crippen molar-refractivity contribution in [2.24, 2.45) is 0 Å². The van der Waals surface area contributed by atoms with Crippen molar-refractivity contribution in [1.29, 1.82) is 0 Å². The van der Waals surface area contributed by atoms with Gasteiger partial charge in [-0.25, -0.2) is 0 Å². The summed E-state index contributed by atoms with van der Waals surface area (Å²) in [5, 5.41) is 37.6. The average molecular weight is 497 g/mol. The fourth-order valence-electron chi connectivity index (χ4n) is 2.71. The zero-order valence-electron chi connectivity index (χ0n) is 17.7. The minimum absolute atomic E-state index is 0.0196. The summed E-state index contributed by atoms with van der Waals surface area (Å²) < 4.78 is 7.28. The van der Waals surface area contributed by atoms with E-state index in [4.69, 9.17) is 16.1 Å². The zero-order chi connectivity index (χ0) is 25.0. The monoisotopic (exact) mass is 496 g/mol. The molecule has 3 aromatic rings. The van der Waals surface area contributed by atoms with Crippen LogP contribution in [0.1, 0.15) is 27.9 Å². The normalized spacial score (nSPS) is 10.8. The Labute approximate surface area is 194 Å². The number of carbonyl (C=O) groups is 2. The molecule has 0 aliphatic heterocycles. The van der Waals surface area contributed by atoms with Gasteiger partial charge in [-0.1, -0.05) is 16.8 Å². The van der Waals surface area contributed by atoms with Crippen LogP contribution in [0.3, 0.4) is 0 Å². The number of nitro groups is 2. The number of aromatic nitrogens is 6. The van der Waals surface area contributed by atoms with E-state index >= 15 is 0 Å². The van der Waals surface area contributed by atoms with Crippen LogP contribution < -0.4 is 10.6 Å². The standard InChI is InChI=1S/C16H17ClN10O7/c1-8-5-11(26(30)31)21-24(8)6-10-20-16(34-23-10)15(29)19-4-3-18-12(28)7-25-9(2)13(17)14(22-25)27(32)33/h5H,3-4,6-7H2,1-2H3,(H,18,28)(H,19,29). The van der Waals surface area contributed by atoms with Gasteiger partial charge in [0.25, 0.3) is 0 Å². The van der Waals surface area contributed by atoms with Crippen molar-refractivity contribution in [2.75, 3.05) is 13.1 Å². The highest BCUT2D eigenvalue weighted by molar-refractivity contribution is 6.33. The zero-order valence-corrected chi connectivity index (χ0v) is 18.5. The van der Waals surface area contributed by atoms with Crippen molar-refractivity contribution in [2.45, 2.75) is 26.9 Å². The number of amides is 2. The molecular weight excluding hydrogens is 480 g/mol. The van der Waals surface area contributed by atoms with Crippen LogP contribution in [0.4, 0.5) is 11.6 Å². The third-order valence-corrected chi connectivity index (χ3v) is 4.87. The minimum Gasteiger partial charge on any atom is -0.358 e. The van der Waals surface area contributed by atoms with E-state index < -0.39 is 27.5 Å². The van der Waals surface area contributed by atoms with Gasteiger partial charge in [0.2, 0.25) is 5.91 Å². The smallest absolute Gasteiger partial charge is 0.358 e. The largest absolute Gasteiger partial charge is 0.408 e. The van der Waals surface area contributed by atoms with Crippen LogP contribution in [0, 0.1) is 34.1 Å². The Bertz CT molecular complexity index is 1260. The van der Waals surface area contributed by atoms with Crippen molar-refractivity contribution in [3.63, 3.8) is 0 Å². The molecule has 0 saturated carbocycles. The lowest BCUT2D eigenvalue weighted by Gasteiger charge is -2.05. The highest BCUT2D eigenvalue weighted by Gasteiger charge is 2.25. The summed E-state index contributed by atoms with van der Waals surface area (Å²) in [4.78, 5) is 48.3. The van der Waals surface area contributed by atoms with E-state index in [-0.39, 0.29) is 54.4 Å². The second-order valence-corrected chi connectivity index (χ2v) is 7.20. The molecule has 2 amide bonds. The molecule has 0 fully saturated rings. The number of carbonyl (C=O) groups excluding carboxylic acids is 2. The average Bonchev–Trinajstić information content (AvgIpc) is 3.46. The van der Waals surface area contributed by atoms with Crippen molar-refractivity contribution in [1.82, 2.24) is 40.3 Å². The second-order valence-electron chi connectivity index (χ2n) is 6.82. The molecule has 17 nitrogen and oxygen atoms in total. The molecule has 0 radical (unpaired) electrons. The van der Waals surface area contributed by atoms with E-state index in [9.17, 15) is 29.8 Å². The lowest BCUT2D eigenvalue weighted by Crippen LogP contribution is -2.36. The number of aryl methyl sites for hydroxylation is 1. The first-order chi connectivity index (χ1) is 16.1. The van der Waals surface area contributed by atoms with Gasteiger partial charge in [0.05, 0.1) is 27.7 Å². The van der Waals surface area contributed by atoms with Crippen LogP contribution >= 0.6 is 11.6 Å². The van der Waals surface area contributed by atoms with Crippen LogP contribution in [-0.4, -0.2) is 64.5 Å². The molecular formula is C16H17ClN10O7. The topological polar surface area (TPSA) is 219 Å². The van der Waals surface area contributed by atoms with Gasteiger partial charge in [-0.15, -0.1) is 0 Å². The fourth-order valence-corrected chi connectivity index (χ4v) is 2.92. The number of halogens is 1. The summed E-state index contributed by atoms with van der Waals surface area (Å²) in [5.41, 5.74) is 0.768. The first kappa shape index (κ1) is 24.2. The number of nitrogens with zero attached hydrogens (tertiary/aromatic N) is 8. The molecule has 34 heavy (non-hydrogen) atoms. The number of nitrogens with one attached hydrogen (secondary N) is 2. The van der Waals surface area contributed by atoms with Gasteiger partial charge in [0, 0.05) is 13.1 Å². The first-order valence-electron chi connectivity index (χ1n) is 9.50. The number of rotatable bonds is 10. The van der Waals surface area contributed by atoms with Gasteiger partial charge in [-0.05, 0) is 23.7 Å². The maximum Gasteiger partial charge on any atom is 0.408 e. The van der Waals surface area contributed by atoms with Crippen LogP contribution in [-0.2, 0) is 17.9 Å². The molecule has 3 heterocycles. The summed E-state index contributed by atoms with van der Waals surface area (Å²) in [7, 11) is 0. The lowest BCUT2D eigenvalue weighted by molar-refractivity contribution is -0.389. The number of hydrogen-bond acceptors (Lipinski definition) is 11. The van der Waals surface area contributed by atoms with E-state index in [2.05, 4.69) is 31.0 Å². The van der Waals surface area contributed by atoms with E-state index in [1.54, 1.807) is 6.92 Å². The maximum absolute atomic E-state index is 12.1. The van der Waals surface area contributed by atoms with Crippen molar-refractivity contribution < 1.29 is 24.0 Å². The van der Waals surface area contributed by atoms with Gasteiger partial charge in [0.15, 0.2) is 10.8 Å². The fraction of sp³-hybridized carbons (Fsp3) is 0.375. The van der Waals surface area contributed by atoms with Crippen LogP contribution in [0.5, 0.6) is 0 Å². The van der Waals surface area contributed by atoms with E-state index in [0.29, 0.717) is 5.69 Å². The van der Waals surface area contributed by atoms with Gasteiger partial charge < -0.3 is 35.4 Å². The van der Waals surface area contributed by atoms with Gasteiger partial charge in [-0.2, -0.15) is 14.3 Å². The summed E-state index contributed by atoms with van der Waals surface area (Å²) in [6.07, 6.45) is 0. The molecule has 0 aliphatic carbocycles. The summed E-state index contributed by atoms with van der Waals surface area (Å²) in [5.74, 6) is -2.32. The Hall–Kier alpha value is -4.41. The molecule has 18 heteroatoms. The third-order valence-electron chi connectivity index (χ3n) is 4.42. The molecule has 0 unspecified atom stereocenters. The SMILES string of the molecule is Cc1cc([N+](=O)[O-])nn1Cc1noc(C(=O)NCCNC(=O)Cn2nc([N+](=O)[O-])c(Cl)c2C)n1. The van der Waals surface area contributed by atoms with E-state index in [0.717, 1.165) is 4.68 Å². The predicted molar refractivity (Wildman–Crippen MR) is 111 cm³/mol. The van der Waals surface area contributed by atoms with Crippen molar-refractivity contribution in [3.8, 4) is 0 Å². The number of hydrogen-bond donors (Lipinski definition) is 2. The van der Waals surface area contributed by atoms with Gasteiger partial charge in [-0.3, -0.25) is 9.59 Å². The molecule has 2 N–H and O–H groups in total. The highest BCUT2D eigenvalue weighted by Crippen LogP contribution is 2.26. The molecule has 0 spiro atoms. The molecule has 0 aromatic carbocycles. The molecule has 180 valence electrons. The van der Waals surface area contributed by atoms with Crippen molar-refractivity contribution >= 4 is 35.1 Å². The Balaban J connectivity index is 1.45. The van der Waals surface area contributed by atoms with E-state index in [1.807, 2.05) is 0 Å². The molecule has 3 aromatic heterocycles. The van der Waals surface area contributed by atoms with Crippen LogP contribution in [0.25, 0.3) is 0 Å². The predicted octanol–water partition coefficient (Wildman–Crippen LogP) is 0.144. The molecule has 3 rings (SSSR count). The Morgan fingerprint density at radius 1 is 1.12 bits per heavy atom. The molecule has 0 saturated heterocycles. The lowest BCUT2D eigenvalue weighted by atomic mass is 10.4. The van der Waals surface area contributed by atoms with Crippen LogP contribution in [0.2, 0.25) is 5.02 Å². The molecule has 0 aliphatic rings. The quantitative estimate of drug-likeness (QED) is 0.218. The Kier molecular flexibility index (Phi) is 7.15. The summed E-state index contributed by atoms with van der Waals surface area (Å²) >= 11 is 5.82.